The number of benzene rings is 1. The number of carboxylic acids is 3. The minimum atomic E-state index is -5.08. The number of nitrogens with one attached hydrogen (secondary N) is 1. The summed E-state index contributed by atoms with van der Waals surface area (Å²) in [5.74, 6) is -7.42. The molecule has 0 unspecified atom stereocenters. The Morgan fingerprint density at radius 2 is 1.19 bits per heavy atom. The molecule has 1 aromatic carbocycles. The number of carboxylic acid groups (broad SMARTS) is 3. The summed E-state index contributed by atoms with van der Waals surface area (Å²) in [6.07, 6.45) is -12.5. The standard InChI is InChI=1S/C19H32N4O3S.3C2HF3O2/c20-11-16(21)13-27-14-17(22)19(25)23-10-6-2-5-9-18(24)26-12-15-7-3-1-4-8-15;3*3-2(4,5)1(6)7/h1,3-4,7-8,16-17H,2,5-6,9-14,20-22H2,(H,23,25);3*(H,6,7)/t16-,17-;;;/m0.../s1. The molecule has 278 valence electrons. The van der Waals surface area contributed by atoms with Gasteiger partial charge < -0.3 is 42.6 Å². The number of carbonyl (C=O) groups is 5. The quantitative estimate of drug-likeness (QED) is 0.0826. The van der Waals surface area contributed by atoms with E-state index >= 15 is 0 Å². The summed E-state index contributed by atoms with van der Waals surface area (Å²) < 4.78 is 100. The second-order valence-electron chi connectivity index (χ2n) is 8.80. The molecule has 0 saturated carbocycles. The third-order valence-electron chi connectivity index (χ3n) is 4.60. The predicted octanol–water partition coefficient (Wildman–Crippen LogP) is 2.65. The number of halogens is 9. The van der Waals surface area contributed by atoms with Gasteiger partial charge in [0.2, 0.25) is 5.91 Å². The molecule has 48 heavy (non-hydrogen) atoms. The number of unbranched alkanes of at least 4 members (excludes halogenated alkanes) is 2. The van der Waals surface area contributed by atoms with Crippen LogP contribution in [0.15, 0.2) is 30.3 Å². The van der Waals surface area contributed by atoms with Gasteiger partial charge in [0.15, 0.2) is 0 Å². The third kappa shape index (κ3) is 30.8. The van der Waals surface area contributed by atoms with E-state index in [0.29, 0.717) is 37.6 Å². The number of rotatable bonds is 14. The van der Waals surface area contributed by atoms with E-state index in [0.717, 1.165) is 24.8 Å². The average molecular weight is 739 g/mol. The number of aliphatic carboxylic acids is 3. The molecule has 0 bridgehead atoms. The Bertz CT molecular complexity index is 1040. The van der Waals surface area contributed by atoms with Crippen molar-refractivity contribution in [1.29, 1.82) is 0 Å². The van der Waals surface area contributed by atoms with E-state index in [1.54, 1.807) is 0 Å². The van der Waals surface area contributed by atoms with Gasteiger partial charge in [-0.3, -0.25) is 9.59 Å². The van der Waals surface area contributed by atoms with Gasteiger partial charge in [-0.1, -0.05) is 36.8 Å². The third-order valence-corrected chi connectivity index (χ3v) is 5.85. The van der Waals surface area contributed by atoms with E-state index in [4.69, 9.17) is 51.6 Å². The molecule has 0 aromatic heterocycles. The number of hydrogen-bond acceptors (Lipinski definition) is 10. The van der Waals surface area contributed by atoms with Crippen LogP contribution < -0.4 is 22.5 Å². The molecule has 13 nitrogen and oxygen atoms in total. The molecule has 10 N–H and O–H groups in total. The molecule has 23 heteroatoms. The first-order valence-electron chi connectivity index (χ1n) is 13.0. The molecule has 0 aliphatic carbocycles. The monoisotopic (exact) mass is 738 g/mol. The summed E-state index contributed by atoms with van der Waals surface area (Å²) in [4.78, 5) is 50.2. The predicted molar refractivity (Wildman–Crippen MR) is 151 cm³/mol. The van der Waals surface area contributed by atoms with Crippen LogP contribution in [0.2, 0.25) is 0 Å². The maximum atomic E-state index is 11.9. The number of esters is 1. The molecule has 0 aliphatic heterocycles. The van der Waals surface area contributed by atoms with E-state index in [2.05, 4.69) is 5.32 Å². The molecule has 0 fully saturated rings. The largest absolute Gasteiger partial charge is 0.490 e. The second kappa shape index (κ2) is 25.2. The molecular weight excluding hydrogens is 703 g/mol. The first kappa shape index (κ1) is 48.6. The Labute approximate surface area is 271 Å². The Morgan fingerprint density at radius 3 is 1.58 bits per heavy atom. The molecule has 0 spiro atoms. The highest BCUT2D eigenvalue weighted by Crippen LogP contribution is 2.14. The fourth-order valence-electron chi connectivity index (χ4n) is 2.21. The highest BCUT2D eigenvalue weighted by molar-refractivity contribution is 7.99. The minimum Gasteiger partial charge on any atom is -0.475 e. The lowest BCUT2D eigenvalue weighted by atomic mass is 10.2. The van der Waals surface area contributed by atoms with Crippen molar-refractivity contribution in [2.75, 3.05) is 24.6 Å². The van der Waals surface area contributed by atoms with Crippen molar-refractivity contribution in [2.24, 2.45) is 17.2 Å². The fourth-order valence-corrected chi connectivity index (χ4v) is 3.19. The normalized spacial score (nSPS) is 12.2. The van der Waals surface area contributed by atoms with Crippen molar-refractivity contribution in [3.05, 3.63) is 35.9 Å². The molecule has 0 radical (unpaired) electrons. The molecule has 1 aromatic rings. The lowest BCUT2D eigenvalue weighted by Crippen LogP contribution is -2.43. The van der Waals surface area contributed by atoms with Crippen LogP contribution in [-0.2, 0) is 35.3 Å². The Hall–Kier alpha value is -3.83. The van der Waals surface area contributed by atoms with E-state index in [-0.39, 0.29) is 17.9 Å². The first-order valence-corrected chi connectivity index (χ1v) is 14.2. The summed E-state index contributed by atoms with van der Waals surface area (Å²) >= 11 is 1.53. The van der Waals surface area contributed by atoms with Crippen LogP contribution in [0.25, 0.3) is 0 Å². The number of amides is 1. The van der Waals surface area contributed by atoms with Gasteiger partial charge in [-0.15, -0.1) is 0 Å². The topological polar surface area (TPSA) is 245 Å². The first-order chi connectivity index (χ1) is 21.9. The number of nitrogens with two attached hydrogens (primary N) is 3. The van der Waals surface area contributed by atoms with Crippen molar-refractivity contribution < 1.29 is 83.5 Å². The van der Waals surface area contributed by atoms with E-state index in [1.165, 1.54) is 11.8 Å². The zero-order valence-electron chi connectivity index (χ0n) is 24.7. The van der Waals surface area contributed by atoms with Gasteiger partial charge >= 0.3 is 42.4 Å². The molecule has 0 saturated heterocycles. The Balaban J connectivity index is -0.000000776. The van der Waals surface area contributed by atoms with Crippen molar-refractivity contribution in [2.45, 2.75) is 62.9 Å². The van der Waals surface area contributed by atoms with Gasteiger partial charge in [0.25, 0.3) is 0 Å². The van der Waals surface area contributed by atoms with E-state index in [1.807, 2.05) is 30.3 Å². The summed E-state index contributed by atoms with van der Waals surface area (Å²) in [6, 6.07) is 8.98. The van der Waals surface area contributed by atoms with Crippen LogP contribution in [0.1, 0.15) is 31.2 Å². The summed E-state index contributed by atoms with van der Waals surface area (Å²) in [7, 11) is 0. The molecule has 0 aliphatic rings. The van der Waals surface area contributed by atoms with Gasteiger partial charge in [-0.25, -0.2) is 14.4 Å². The highest BCUT2D eigenvalue weighted by Gasteiger charge is 2.39. The van der Waals surface area contributed by atoms with Gasteiger partial charge in [-0.2, -0.15) is 51.3 Å². The highest BCUT2D eigenvalue weighted by atomic mass is 32.2. The fraction of sp³-hybridized carbons (Fsp3) is 0.560. The van der Waals surface area contributed by atoms with Gasteiger partial charge in [-0.05, 0) is 18.4 Å². The van der Waals surface area contributed by atoms with E-state index < -0.39 is 42.5 Å². The van der Waals surface area contributed by atoms with Crippen LogP contribution in [-0.4, -0.2) is 100 Å². The zero-order valence-corrected chi connectivity index (χ0v) is 25.6. The summed E-state index contributed by atoms with van der Waals surface area (Å²) in [5.41, 5.74) is 18.0. The average Bonchev–Trinajstić information content (AvgIpc) is 2.97. The second-order valence-corrected chi connectivity index (χ2v) is 9.87. The van der Waals surface area contributed by atoms with Crippen molar-refractivity contribution in [3.8, 4) is 0 Å². The number of carbonyl (C=O) groups excluding carboxylic acids is 2. The van der Waals surface area contributed by atoms with Crippen LogP contribution in [0.5, 0.6) is 0 Å². The summed E-state index contributed by atoms with van der Waals surface area (Å²) in [5, 5.41) is 24.2. The lowest BCUT2D eigenvalue weighted by molar-refractivity contribution is -0.193. The van der Waals surface area contributed by atoms with Gasteiger partial charge in [0.1, 0.15) is 6.61 Å². The maximum absolute atomic E-state index is 11.9. The molecule has 0 heterocycles. The molecule has 1 amide bonds. The maximum Gasteiger partial charge on any atom is 0.490 e. The Kier molecular flexibility index (Phi) is 25.5. The Morgan fingerprint density at radius 1 is 0.750 bits per heavy atom. The van der Waals surface area contributed by atoms with Crippen molar-refractivity contribution >= 4 is 41.5 Å². The number of hydrogen-bond donors (Lipinski definition) is 7. The summed E-state index contributed by atoms with van der Waals surface area (Å²) in [6.45, 7) is 1.29. The van der Waals surface area contributed by atoms with Gasteiger partial charge in [0.05, 0.1) is 6.04 Å². The van der Waals surface area contributed by atoms with Crippen molar-refractivity contribution in [1.82, 2.24) is 5.32 Å². The van der Waals surface area contributed by atoms with Crippen LogP contribution in [0.4, 0.5) is 39.5 Å². The minimum absolute atomic E-state index is 0.0651. The zero-order chi connectivity index (χ0) is 38.1. The number of alkyl halides is 9. The van der Waals surface area contributed by atoms with Gasteiger partial charge in [0, 0.05) is 37.1 Å². The van der Waals surface area contributed by atoms with E-state index in [9.17, 15) is 49.1 Å². The molecular formula is C25H35F9N4O9S. The van der Waals surface area contributed by atoms with Crippen molar-refractivity contribution in [3.63, 3.8) is 0 Å². The number of ether oxygens (including phenoxy) is 1. The smallest absolute Gasteiger partial charge is 0.475 e. The van der Waals surface area contributed by atoms with Crippen LogP contribution >= 0.6 is 11.8 Å². The molecule has 1 rings (SSSR count). The lowest BCUT2D eigenvalue weighted by Gasteiger charge is -2.13. The SMILES string of the molecule is NC[C@H](N)CSC[C@H](N)C(=O)NCCCCCC(=O)OCc1ccccc1.O=C(O)C(F)(F)F.O=C(O)C(F)(F)F.O=C(O)C(F)(F)F. The molecule has 2 atom stereocenters. The van der Waals surface area contributed by atoms with Crippen LogP contribution in [0, 0.1) is 0 Å². The number of thioether (sulfide) groups is 1. The van der Waals surface area contributed by atoms with Crippen LogP contribution in [0.3, 0.4) is 0 Å².